The van der Waals surface area contributed by atoms with E-state index in [-0.39, 0.29) is 31.1 Å². The van der Waals surface area contributed by atoms with Crippen LogP contribution in [0.25, 0.3) is 0 Å². The highest BCUT2D eigenvalue weighted by Gasteiger charge is 2.19. The molecule has 52 heavy (non-hydrogen) atoms. The number of esters is 3. The van der Waals surface area contributed by atoms with Gasteiger partial charge in [0, 0.05) is 19.3 Å². The number of rotatable bonds is 40. The number of hydrogen-bond donors (Lipinski definition) is 0. The van der Waals surface area contributed by atoms with Gasteiger partial charge in [-0.1, -0.05) is 208 Å². The number of carbonyl (C=O) groups excluding carboxylic acids is 3. The lowest BCUT2D eigenvalue weighted by atomic mass is 10.00. The molecule has 1 unspecified atom stereocenters. The minimum absolute atomic E-state index is 0.0665. The van der Waals surface area contributed by atoms with Crippen LogP contribution in [-0.2, 0) is 28.6 Å². The maximum Gasteiger partial charge on any atom is 0.306 e. The van der Waals surface area contributed by atoms with E-state index in [0.29, 0.717) is 19.3 Å². The average Bonchev–Trinajstić information content (AvgIpc) is 3.12. The van der Waals surface area contributed by atoms with Gasteiger partial charge in [0.2, 0.25) is 0 Å². The molecule has 0 N–H and O–H groups in total. The molecule has 0 saturated carbocycles. The Morgan fingerprint density at radius 1 is 0.404 bits per heavy atom. The smallest absolute Gasteiger partial charge is 0.306 e. The second-order valence-electron chi connectivity index (χ2n) is 16.4. The Morgan fingerprint density at radius 2 is 0.731 bits per heavy atom. The number of hydrogen-bond acceptors (Lipinski definition) is 6. The van der Waals surface area contributed by atoms with E-state index in [1.54, 1.807) is 0 Å². The van der Waals surface area contributed by atoms with Crippen LogP contribution in [0.2, 0.25) is 0 Å². The highest BCUT2D eigenvalue weighted by atomic mass is 16.6. The summed E-state index contributed by atoms with van der Waals surface area (Å²) in [6, 6.07) is 0. The van der Waals surface area contributed by atoms with E-state index in [0.717, 1.165) is 76.0 Å². The van der Waals surface area contributed by atoms with Crippen LogP contribution < -0.4 is 0 Å². The molecule has 2 atom stereocenters. The molecule has 0 aromatic heterocycles. The van der Waals surface area contributed by atoms with E-state index in [2.05, 4.69) is 34.6 Å². The SMILES string of the molecule is CCCCCCCC(=O)OC[C@@H](COC(=O)CCCCCCCCCCCCCCCCCCC(C)C)OC(=O)CCCCCCCCC(C)CC. The fraction of sp³-hybridized carbons (Fsp3) is 0.935. The first-order valence-electron chi connectivity index (χ1n) is 22.8. The molecule has 0 aromatic rings. The Balaban J connectivity index is 4.10. The lowest BCUT2D eigenvalue weighted by molar-refractivity contribution is -0.167. The lowest BCUT2D eigenvalue weighted by Gasteiger charge is -2.18. The third-order valence-electron chi connectivity index (χ3n) is 10.6. The first-order chi connectivity index (χ1) is 25.3. The van der Waals surface area contributed by atoms with Crippen molar-refractivity contribution in [2.75, 3.05) is 13.2 Å². The van der Waals surface area contributed by atoms with Gasteiger partial charge in [0.1, 0.15) is 13.2 Å². The summed E-state index contributed by atoms with van der Waals surface area (Å²) >= 11 is 0. The molecule has 0 bridgehead atoms. The number of carbonyl (C=O) groups is 3. The van der Waals surface area contributed by atoms with Gasteiger partial charge in [-0.3, -0.25) is 14.4 Å². The first kappa shape index (κ1) is 50.4. The molecule has 6 nitrogen and oxygen atoms in total. The van der Waals surface area contributed by atoms with Crippen molar-refractivity contribution >= 4 is 17.9 Å². The largest absolute Gasteiger partial charge is 0.462 e. The van der Waals surface area contributed by atoms with Gasteiger partial charge in [-0.15, -0.1) is 0 Å². The van der Waals surface area contributed by atoms with Crippen LogP contribution in [0.4, 0.5) is 0 Å². The standard InChI is InChI=1S/C46H88O6/c1-6-8-9-24-31-36-44(47)50-39-43(52-46(49)38-33-28-23-22-26-30-35-42(5)7-2)40-51-45(48)37-32-27-21-19-17-15-13-11-10-12-14-16-18-20-25-29-34-41(3)4/h41-43H,6-40H2,1-5H3/t42?,43-/m0/s1. The molecule has 0 rings (SSSR count). The van der Waals surface area contributed by atoms with E-state index in [1.165, 1.54) is 128 Å². The molecule has 308 valence electrons. The van der Waals surface area contributed by atoms with Crippen LogP contribution in [0, 0.1) is 11.8 Å². The topological polar surface area (TPSA) is 78.9 Å². The molecular formula is C46H88O6. The van der Waals surface area contributed by atoms with Crippen molar-refractivity contribution in [2.45, 2.75) is 253 Å². The van der Waals surface area contributed by atoms with E-state index in [9.17, 15) is 14.4 Å². The minimum Gasteiger partial charge on any atom is -0.462 e. The van der Waals surface area contributed by atoms with Crippen LogP contribution in [0.5, 0.6) is 0 Å². The molecule has 0 aliphatic carbocycles. The summed E-state index contributed by atoms with van der Waals surface area (Å²) in [7, 11) is 0. The zero-order valence-electron chi connectivity index (χ0n) is 35.4. The normalized spacial score (nSPS) is 12.6. The van der Waals surface area contributed by atoms with Gasteiger partial charge in [-0.25, -0.2) is 0 Å². The van der Waals surface area contributed by atoms with Crippen LogP contribution in [0.1, 0.15) is 247 Å². The van der Waals surface area contributed by atoms with Gasteiger partial charge in [-0.05, 0) is 31.1 Å². The quantitative estimate of drug-likeness (QED) is 0.0354. The summed E-state index contributed by atoms with van der Waals surface area (Å²) in [6.07, 6.45) is 37.0. The van der Waals surface area contributed by atoms with Gasteiger partial charge in [0.05, 0.1) is 0 Å². The van der Waals surface area contributed by atoms with Gasteiger partial charge in [0.15, 0.2) is 6.10 Å². The molecule has 0 aliphatic rings. The summed E-state index contributed by atoms with van der Waals surface area (Å²) in [5.74, 6) is 0.788. The van der Waals surface area contributed by atoms with Gasteiger partial charge in [0.25, 0.3) is 0 Å². The maximum absolute atomic E-state index is 12.6. The minimum atomic E-state index is -0.759. The first-order valence-corrected chi connectivity index (χ1v) is 22.8. The third kappa shape index (κ3) is 38.1. The Kier molecular flexibility index (Phi) is 37.9. The Labute approximate surface area is 323 Å². The molecule has 0 saturated heterocycles. The van der Waals surface area contributed by atoms with Crippen LogP contribution in [0.3, 0.4) is 0 Å². The molecule has 0 spiro atoms. The predicted molar refractivity (Wildman–Crippen MR) is 220 cm³/mol. The fourth-order valence-electron chi connectivity index (χ4n) is 6.72. The fourth-order valence-corrected chi connectivity index (χ4v) is 6.72. The number of unbranched alkanes of at least 4 members (excludes halogenated alkanes) is 24. The average molecular weight is 737 g/mol. The zero-order valence-corrected chi connectivity index (χ0v) is 35.4. The molecule has 0 amide bonds. The predicted octanol–water partition coefficient (Wildman–Crippen LogP) is 14.2. The van der Waals surface area contributed by atoms with E-state index < -0.39 is 6.10 Å². The van der Waals surface area contributed by atoms with Crippen molar-refractivity contribution < 1.29 is 28.6 Å². The Bertz CT molecular complexity index is 796. The second-order valence-corrected chi connectivity index (χ2v) is 16.4. The van der Waals surface area contributed by atoms with Crippen molar-refractivity contribution in [3.63, 3.8) is 0 Å². The second kappa shape index (κ2) is 39.1. The van der Waals surface area contributed by atoms with Gasteiger partial charge >= 0.3 is 17.9 Å². The molecule has 0 aliphatic heterocycles. The van der Waals surface area contributed by atoms with Crippen LogP contribution in [-0.4, -0.2) is 37.2 Å². The molecule has 0 fully saturated rings. The molecule has 6 heteroatoms. The Hall–Kier alpha value is -1.59. The van der Waals surface area contributed by atoms with Crippen molar-refractivity contribution in [2.24, 2.45) is 11.8 Å². The van der Waals surface area contributed by atoms with E-state index >= 15 is 0 Å². The van der Waals surface area contributed by atoms with E-state index in [4.69, 9.17) is 14.2 Å². The molecule has 0 heterocycles. The molecule has 0 radical (unpaired) electrons. The zero-order chi connectivity index (χ0) is 38.3. The van der Waals surface area contributed by atoms with Crippen molar-refractivity contribution in [3.05, 3.63) is 0 Å². The third-order valence-corrected chi connectivity index (χ3v) is 10.6. The lowest BCUT2D eigenvalue weighted by Crippen LogP contribution is -2.30. The van der Waals surface area contributed by atoms with Crippen molar-refractivity contribution in [3.8, 4) is 0 Å². The highest BCUT2D eigenvalue weighted by Crippen LogP contribution is 2.17. The monoisotopic (exact) mass is 737 g/mol. The molecule has 0 aromatic carbocycles. The highest BCUT2D eigenvalue weighted by molar-refractivity contribution is 5.71. The van der Waals surface area contributed by atoms with Gasteiger partial charge in [-0.2, -0.15) is 0 Å². The summed E-state index contributed by atoms with van der Waals surface area (Å²) in [5.41, 5.74) is 0. The van der Waals surface area contributed by atoms with E-state index in [1.807, 2.05) is 0 Å². The Morgan fingerprint density at radius 3 is 1.10 bits per heavy atom. The summed E-state index contributed by atoms with van der Waals surface area (Å²) in [6.45, 7) is 11.2. The van der Waals surface area contributed by atoms with Crippen molar-refractivity contribution in [1.29, 1.82) is 0 Å². The van der Waals surface area contributed by atoms with Gasteiger partial charge < -0.3 is 14.2 Å². The summed E-state index contributed by atoms with van der Waals surface area (Å²) in [4.78, 5) is 37.4. The summed E-state index contributed by atoms with van der Waals surface area (Å²) in [5, 5.41) is 0. The van der Waals surface area contributed by atoms with Crippen LogP contribution in [0.15, 0.2) is 0 Å². The van der Waals surface area contributed by atoms with Crippen molar-refractivity contribution in [1.82, 2.24) is 0 Å². The van der Waals surface area contributed by atoms with Crippen LogP contribution >= 0.6 is 0 Å². The maximum atomic E-state index is 12.6. The molecular weight excluding hydrogens is 649 g/mol. The summed E-state index contributed by atoms with van der Waals surface area (Å²) < 4.78 is 16.6. The number of ether oxygens (including phenoxy) is 3.